The molecule has 0 radical (unpaired) electrons. The van der Waals surface area contributed by atoms with Crippen molar-refractivity contribution >= 4 is 22.6 Å². The van der Waals surface area contributed by atoms with Gasteiger partial charge < -0.3 is 19.8 Å². The summed E-state index contributed by atoms with van der Waals surface area (Å²) < 4.78 is 11.4. The van der Waals surface area contributed by atoms with Gasteiger partial charge in [0, 0.05) is 17.8 Å². The lowest BCUT2D eigenvalue weighted by Gasteiger charge is -2.33. The summed E-state index contributed by atoms with van der Waals surface area (Å²) in [6.07, 6.45) is 0.757. The Bertz CT molecular complexity index is 1410. The van der Waals surface area contributed by atoms with Crippen molar-refractivity contribution in [1.29, 1.82) is 5.26 Å². The highest BCUT2D eigenvalue weighted by Gasteiger charge is 2.61. The molecular weight excluding hydrogens is 406 g/mol. The summed E-state index contributed by atoms with van der Waals surface area (Å²) in [4.78, 5) is 29.2. The smallest absolute Gasteiger partial charge is 0.345 e. The van der Waals surface area contributed by atoms with E-state index in [1.807, 2.05) is 12.1 Å². The van der Waals surface area contributed by atoms with Gasteiger partial charge in [0.25, 0.3) is 0 Å². The van der Waals surface area contributed by atoms with E-state index in [1.165, 1.54) is 0 Å². The zero-order valence-corrected chi connectivity index (χ0v) is 17.7. The van der Waals surface area contributed by atoms with Gasteiger partial charge in [0.1, 0.15) is 22.8 Å². The monoisotopic (exact) mass is 427 g/mol. The first kappa shape index (κ1) is 19.9. The van der Waals surface area contributed by atoms with Gasteiger partial charge in [-0.1, -0.05) is 44.2 Å². The average Bonchev–Trinajstić information content (AvgIpc) is 3.01. The lowest BCUT2D eigenvalue weighted by atomic mass is 9.69. The standard InChI is InChI=1S/C25H21N3O4/c1-14(2)11-12-28-18-9-5-4-8-16(18)25(24(28)30)17(13-26)22(27)32-21-15-7-3-6-10-19(15)31-23(29)20(21)25/h3-10,14H,11-12,27H2,1-2H3. The molecule has 2 aliphatic rings. The highest BCUT2D eigenvalue weighted by molar-refractivity contribution is 6.14. The van der Waals surface area contributed by atoms with Crippen molar-refractivity contribution < 1.29 is 13.9 Å². The molecule has 0 fully saturated rings. The van der Waals surface area contributed by atoms with Crippen LogP contribution in [0.25, 0.3) is 11.0 Å². The molecule has 32 heavy (non-hydrogen) atoms. The number of anilines is 1. The van der Waals surface area contributed by atoms with Crippen LogP contribution in [0.1, 0.15) is 31.4 Å². The van der Waals surface area contributed by atoms with Crippen LogP contribution < -0.4 is 21.0 Å². The van der Waals surface area contributed by atoms with Crippen LogP contribution in [0.5, 0.6) is 5.75 Å². The number of rotatable bonds is 3. The van der Waals surface area contributed by atoms with E-state index in [1.54, 1.807) is 41.3 Å². The van der Waals surface area contributed by atoms with E-state index in [9.17, 15) is 14.9 Å². The summed E-state index contributed by atoms with van der Waals surface area (Å²) in [6, 6.07) is 16.1. The fourth-order valence-electron chi connectivity index (χ4n) is 4.71. The SMILES string of the molecule is CC(C)CCN1C(=O)C2(C(C#N)=C(N)Oc3c2c(=O)oc2ccccc32)c2ccccc21. The number of benzene rings is 2. The van der Waals surface area contributed by atoms with Gasteiger partial charge in [-0.3, -0.25) is 4.79 Å². The molecule has 2 aromatic carbocycles. The number of carbonyl (C=O) groups is 1. The molecule has 160 valence electrons. The number of ether oxygens (including phenoxy) is 1. The van der Waals surface area contributed by atoms with Gasteiger partial charge in [-0.05, 0) is 30.5 Å². The van der Waals surface area contributed by atoms with Gasteiger partial charge in [0.15, 0.2) is 11.2 Å². The number of hydrogen-bond donors (Lipinski definition) is 1. The Kier molecular flexibility index (Phi) is 4.34. The lowest BCUT2D eigenvalue weighted by molar-refractivity contribution is -0.121. The summed E-state index contributed by atoms with van der Waals surface area (Å²) in [5.74, 6) is -0.0728. The molecule has 1 spiro atoms. The van der Waals surface area contributed by atoms with Crippen molar-refractivity contribution in [3.63, 3.8) is 0 Å². The number of carbonyl (C=O) groups excluding carboxylic acids is 1. The molecule has 2 aliphatic heterocycles. The van der Waals surface area contributed by atoms with Gasteiger partial charge in [-0.2, -0.15) is 5.26 Å². The van der Waals surface area contributed by atoms with Crippen LogP contribution >= 0.6 is 0 Å². The third-order valence-electron chi connectivity index (χ3n) is 6.18. The van der Waals surface area contributed by atoms with Gasteiger partial charge in [-0.25, -0.2) is 4.79 Å². The van der Waals surface area contributed by atoms with Crippen LogP contribution in [0.15, 0.2) is 69.2 Å². The second-order valence-electron chi connectivity index (χ2n) is 8.45. The van der Waals surface area contributed by atoms with E-state index < -0.39 is 16.9 Å². The van der Waals surface area contributed by atoms with Crippen molar-refractivity contribution in [1.82, 2.24) is 0 Å². The molecule has 1 unspecified atom stereocenters. The second-order valence-corrected chi connectivity index (χ2v) is 8.45. The Balaban J connectivity index is 1.90. The first-order valence-corrected chi connectivity index (χ1v) is 10.5. The van der Waals surface area contributed by atoms with E-state index in [0.717, 1.165) is 6.42 Å². The Morgan fingerprint density at radius 3 is 2.59 bits per heavy atom. The number of fused-ring (bicyclic) bond motifs is 6. The minimum Gasteiger partial charge on any atom is -0.439 e. The quantitative estimate of drug-likeness (QED) is 0.640. The zero-order chi connectivity index (χ0) is 22.6. The van der Waals surface area contributed by atoms with Crippen molar-refractivity contribution in [2.75, 3.05) is 11.4 Å². The fourth-order valence-corrected chi connectivity index (χ4v) is 4.71. The van der Waals surface area contributed by atoms with Crippen LogP contribution in [-0.2, 0) is 10.2 Å². The number of nitrogens with two attached hydrogens (primary N) is 1. The van der Waals surface area contributed by atoms with Gasteiger partial charge in [-0.15, -0.1) is 0 Å². The summed E-state index contributed by atoms with van der Waals surface area (Å²) in [5.41, 5.74) is 5.16. The molecule has 0 bridgehead atoms. The van der Waals surface area contributed by atoms with Crippen LogP contribution in [0.4, 0.5) is 5.69 Å². The highest BCUT2D eigenvalue weighted by atomic mass is 16.5. The van der Waals surface area contributed by atoms with Gasteiger partial charge in [0.05, 0.1) is 5.39 Å². The minimum atomic E-state index is -1.72. The van der Waals surface area contributed by atoms with Crippen molar-refractivity contribution in [3.05, 3.63) is 81.5 Å². The highest BCUT2D eigenvalue weighted by Crippen LogP contribution is 2.55. The zero-order valence-electron chi connectivity index (χ0n) is 17.7. The molecule has 0 saturated carbocycles. The molecule has 7 heteroatoms. The third-order valence-corrected chi connectivity index (χ3v) is 6.18. The molecule has 0 saturated heterocycles. The predicted octanol–water partition coefficient (Wildman–Crippen LogP) is 3.56. The maximum Gasteiger partial charge on any atom is 0.345 e. The van der Waals surface area contributed by atoms with Crippen molar-refractivity contribution in [2.24, 2.45) is 11.7 Å². The molecule has 3 heterocycles. The number of para-hydroxylation sites is 2. The first-order valence-electron chi connectivity index (χ1n) is 10.5. The summed E-state index contributed by atoms with van der Waals surface area (Å²) >= 11 is 0. The summed E-state index contributed by atoms with van der Waals surface area (Å²) in [7, 11) is 0. The van der Waals surface area contributed by atoms with Gasteiger partial charge >= 0.3 is 5.63 Å². The van der Waals surface area contributed by atoms with Crippen LogP contribution in [-0.4, -0.2) is 12.5 Å². The van der Waals surface area contributed by atoms with Gasteiger partial charge in [0.2, 0.25) is 11.8 Å². The topological polar surface area (TPSA) is 110 Å². The first-order chi connectivity index (χ1) is 15.4. The Hall–Kier alpha value is -4.05. The molecule has 3 aromatic rings. The van der Waals surface area contributed by atoms with E-state index in [4.69, 9.17) is 14.9 Å². The fraction of sp³-hybridized carbons (Fsp3) is 0.240. The van der Waals surface area contributed by atoms with Crippen LogP contribution in [0.2, 0.25) is 0 Å². The van der Waals surface area contributed by atoms with Crippen molar-refractivity contribution in [2.45, 2.75) is 25.7 Å². The van der Waals surface area contributed by atoms with E-state index in [2.05, 4.69) is 19.9 Å². The predicted molar refractivity (Wildman–Crippen MR) is 119 cm³/mol. The average molecular weight is 427 g/mol. The lowest BCUT2D eigenvalue weighted by Crippen LogP contribution is -2.48. The number of nitriles is 1. The second kappa shape index (κ2) is 6.99. The van der Waals surface area contributed by atoms with E-state index in [0.29, 0.717) is 34.7 Å². The van der Waals surface area contributed by atoms with Crippen LogP contribution in [0.3, 0.4) is 0 Å². The molecular formula is C25H21N3O4. The largest absolute Gasteiger partial charge is 0.439 e. The number of amides is 1. The maximum absolute atomic E-state index is 14.2. The normalized spacial score (nSPS) is 19.3. The molecule has 0 aliphatic carbocycles. The van der Waals surface area contributed by atoms with Crippen LogP contribution in [0, 0.1) is 17.2 Å². The summed E-state index contributed by atoms with van der Waals surface area (Å²) in [6.45, 7) is 4.60. The molecule has 1 atom stereocenters. The minimum absolute atomic E-state index is 0.00792. The molecule has 7 nitrogen and oxygen atoms in total. The third kappa shape index (κ3) is 2.47. The Labute approximate surface area is 184 Å². The Morgan fingerprint density at radius 2 is 1.84 bits per heavy atom. The molecule has 5 rings (SSSR count). The Morgan fingerprint density at radius 1 is 1.12 bits per heavy atom. The summed E-state index contributed by atoms with van der Waals surface area (Å²) in [5, 5.41) is 10.6. The maximum atomic E-state index is 14.2. The van der Waals surface area contributed by atoms with Crippen molar-refractivity contribution in [3.8, 4) is 11.8 Å². The number of nitrogens with zero attached hydrogens (tertiary/aromatic N) is 2. The molecule has 1 amide bonds. The molecule has 2 N–H and O–H groups in total. The van der Waals surface area contributed by atoms with E-state index >= 15 is 0 Å². The molecule has 1 aromatic heterocycles. The van der Waals surface area contributed by atoms with E-state index in [-0.39, 0.29) is 22.8 Å². The number of hydrogen-bond acceptors (Lipinski definition) is 6.